The number of nitrogens with one attached hydrogen (secondary N) is 1. The largest absolute Gasteiger partial charge is 0.508 e. The van der Waals surface area contributed by atoms with Crippen molar-refractivity contribution >= 4 is 0 Å². The summed E-state index contributed by atoms with van der Waals surface area (Å²) >= 11 is 0. The molecule has 1 aromatic rings. The first-order chi connectivity index (χ1) is 8.00. The smallest absolute Gasteiger partial charge is 0.115 e. The quantitative estimate of drug-likeness (QED) is 0.823. The fraction of sp³-hybridized carbons (Fsp3) is 0.571. The molecule has 0 aromatic heterocycles. The third kappa shape index (κ3) is 2.61. The van der Waals surface area contributed by atoms with E-state index in [0.29, 0.717) is 11.8 Å². The van der Waals surface area contributed by atoms with Crippen molar-refractivity contribution in [2.24, 2.45) is 0 Å². The van der Waals surface area contributed by atoms with Crippen LogP contribution in [0.15, 0.2) is 24.3 Å². The predicted octanol–water partition coefficient (Wildman–Crippen LogP) is 2.14. The van der Waals surface area contributed by atoms with Crippen LogP contribution in [0, 0.1) is 0 Å². The van der Waals surface area contributed by atoms with E-state index in [4.69, 9.17) is 0 Å². The van der Waals surface area contributed by atoms with Gasteiger partial charge in [-0.2, -0.15) is 0 Å². The highest BCUT2D eigenvalue weighted by Gasteiger charge is 2.33. The van der Waals surface area contributed by atoms with Gasteiger partial charge in [-0.3, -0.25) is 4.90 Å². The molecule has 0 aliphatic carbocycles. The fourth-order valence-electron chi connectivity index (χ4n) is 2.65. The molecule has 2 rings (SSSR count). The van der Waals surface area contributed by atoms with Gasteiger partial charge in [-0.25, -0.2) is 0 Å². The van der Waals surface area contributed by atoms with Crippen LogP contribution in [0.5, 0.6) is 5.75 Å². The molecule has 2 N–H and O–H groups in total. The molecule has 1 unspecified atom stereocenters. The number of nitrogens with zero attached hydrogens (tertiary/aromatic N) is 1. The van der Waals surface area contributed by atoms with Gasteiger partial charge in [-0.1, -0.05) is 12.1 Å². The highest BCUT2D eigenvalue weighted by Crippen LogP contribution is 2.29. The van der Waals surface area contributed by atoms with Crippen molar-refractivity contribution in [1.29, 1.82) is 0 Å². The topological polar surface area (TPSA) is 35.5 Å². The minimum atomic E-state index is 0.176. The normalized spacial score (nSPS) is 22.3. The maximum Gasteiger partial charge on any atom is 0.115 e. The molecule has 0 radical (unpaired) electrons. The van der Waals surface area contributed by atoms with E-state index in [9.17, 15) is 5.11 Å². The van der Waals surface area contributed by atoms with Crippen molar-refractivity contribution in [3.8, 4) is 5.75 Å². The Bertz CT molecular complexity index is 372. The minimum absolute atomic E-state index is 0.176. The summed E-state index contributed by atoms with van der Waals surface area (Å²) in [7, 11) is 0. The molecule has 1 fully saturated rings. The Hall–Kier alpha value is -1.06. The van der Waals surface area contributed by atoms with Crippen molar-refractivity contribution in [3.63, 3.8) is 0 Å². The van der Waals surface area contributed by atoms with Gasteiger partial charge in [0.1, 0.15) is 5.75 Å². The predicted molar refractivity (Wildman–Crippen MR) is 70.2 cm³/mol. The van der Waals surface area contributed by atoms with Gasteiger partial charge in [0.2, 0.25) is 0 Å². The van der Waals surface area contributed by atoms with Crippen LogP contribution in [0.4, 0.5) is 0 Å². The molecule has 0 saturated carbocycles. The van der Waals surface area contributed by atoms with E-state index in [1.165, 1.54) is 5.56 Å². The molecule has 94 valence electrons. The number of rotatable bonds is 2. The molecule has 1 saturated heterocycles. The molecule has 1 aromatic carbocycles. The van der Waals surface area contributed by atoms with E-state index >= 15 is 0 Å². The molecule has 3 heteroatoms. The van der Waals surface area contributed by atoms with Crippen LogP contribution in [0.3, 0.4) is 0 Å². The van der Waals surface area contributed by atoms with Crippen LogP contribution < -0.4 is 5.32 Å². The van der Waals surface area contributed by atoms with Crippen molar-refractivity contribution in [1.82, 2.24) is 10.2 Å². The first kappa shape index (κ1) is 12.4. The van der Waals surface area contributed by atoms with Crippen LogP contribution in [0.25, 0.3) is 0 Å². The average molecular weight is 234 g/mol. The second kappa shape index (κ2) is 4.67. The Morgan fingerprint density at radius 3 is 2.53 bits per heavy atom. The third-order valence-electron chi connectivity index (χ3n) is 3.71. The third-order valence-corrected chi connectivity index (χ3v) is 3.71. The molecule has 1 atom stereocenters. The number of benzene rings is 1. The van der Waals surface area contributed by atoms with Crippen molar-refractivity contribution in [2.45, 2.75) is 32.4 Å². The number of phenolic OH excluding ortho intramolecular Hbond substituents is 1. The van der Waals surface area contributed by atoms with Gasteiger partial charge in [0.25, 0.3) is 0 Å². The summed E-state index contributed by atoms with van der Waals surface area (Å²) in [6.45, 7) is 9.92. The number of phenols is 1. The highest BCUT2D eigenvalue weighted by molar-refractivity contribution is 5.28. The number of piperazine rings is 1. The molecule has 0 amide bonds. The lowest BCUT2D eigenvalue weighted by molar-refractivity contribution is 0.0516. The molecular weight excluding hydrogens is 212 g/mol. The van der Waals surface area contributed by atoms with Gasteiger partial charge in [-0.05, 0) is 38.5 Å². The van der Waals surface area contributed by atoms with Crippen LogP contribution in [0.2, 0.25) is 0 Å². The molecule has 1 aliphatic heterocycles. The maximum absolute atomic E-state index is 9.33. The van der Waals surface area contributed by atoms with E-state index in [1.54, 1.807) is 12.1 Å². The first-order valence-electron chi connectivity index (χ1n) is 6.27. The summed E-state index contributed by atoms with van der Waals surface area (Å²) in [5, 5.41) is 12.8. The van der Waals surface area contributed by atoms with Crippen LogP contribution >= 0.6 is 0 Å². The molecule has 3 nitrogen and oxygen atoms in total. The zero-order valence-corrected chi connectivity index (χ0v) is 10.9. The standard InChI is InChI=1S/C14H22N2O/c1-11(12-4-6-13(17)7-5-12)16-9-8-15-10-14(16,2)3/h4-7,11,15,17H,8-10H2,1-3H3. The highest BCUT2D eigenvalue weighted by atomic mass is 16.3. The molecule has 0 spiro atoms. The van der Waals surface area contributed by atoms with Crippen molar-refractivity contribution in [2.75, 3.05) is 19.6 Å². The first-order valence-corrected chi connectivity index (χ1v) is 6.27. The van der Waals surface area contributed by atoms with Gasteiger partial charge in [0.05, 0.1) is 0 Å². The summed E-state index contributed by atoms with van der Waals surface area (Å²) in [6, 6.07) is 7.94. The Labute approximate surface area is 103 Å². The Kier molecular flexibility index (Phi) is 3.40. The van der Waals surface area contributed by atoms with Crippen LogP contribution in [0.1, 0.15) is 32.4 Å². The summed E-state index contributed by atoms with van der Waals surface area (Å²) in [4.78, 5) is 2.52. The minimum Gasteiger partial charge on any atom is -0.508 e. The summed E-state index contributed by atoms with van der Waals surface area (Å²) in [5.41, 5.74) is 1.44. The SMILES string of the molecule is CC(c1ccc(O)cc1)N1CCNCC1(C)C. The number of aromatic hydroxyl groups is 1. The second-order valence-corrected chi connectivity index (χ2v) is 5.45. The van der Waals surface area contributed by atoms with E-state index in [1.807, 2.05) is 12.1 Å². The van der Waals surface area contributed by atoms with Crippen LogP contribution in [-0.4, -0.2) is 35.2 Å². The molecule has 0 bridgehead atoms. The average Bonchev–Trinajstić information content (AvgIpc) is 2.28. The molecular formula is C14H22N2O. The Morgan fingerprint density at radius 2 is 1.94 bits per heavy atom. The fourth-order valence-corrected chi connectivity index (χ4v) is 2.65. The Morgan fingerprint density at radius 1 is 1.29 bits per heavy atom. The van der Waals surface area contributed by atoms with Gasteiger partial charge >= 0.3 is 0 Å². The van der Waals surface area contributed by atoms with E-state index in [-0.39, 0.29) is 5.54 Å². The lowest BCUT2D eigenvalue weighted by Crippen LogP contribution is -2.58. The zero-order valence-electron chi connectivity index (χ0n) is 10.9. The lowest BCUT2D eigenvalue weighted by Gasteiger charge is -2.46. The van der Waals surface area contributed by atoms with Gasteiger partial charge in [-0.15, -0.1) is 0 Å². The van der Waals surface area contributed by atoms with E-state index in [2.05, 4.69) is 31.0 Å². The second-order valence-electron chi connectivity index (χ2n) is 5.45. The molecule has 1 heterocycles. The van der Waals surface area contributed by atoms with Gasteiger partial charge in [0.15, 0.2) is 0 Å². The van der Waals surface area contributed by atoms with Crippen molar-refractivity contribution in [3.05, 3.63) is 29.8 Å². The molecule has 17 heavy (non-hydrogen) atoms. The number of hydrogen-bond donors (Lipinski definition) is 2. The molecule has 1 aliphatic rings. The maximum atomic E-state index is 9.33. The Balaban J connectivity index is 2.18. The van der Waals surface area contributed by atoms with Crippen LogP contribution in [-0.2, 0) is 0 Å². The van der Waals surface area contributed by atoms with E-state index in [0.717, 1.165) is 19.6 Å². The van der Waals surface area contributed by atoms with Gasteiger partial charge < -0.3 is 10.4 Å². The monoisotopic (exact) mass is 234 g/mol. The lowest BCUT2D eigenvalue weighted by atomic mass is 9.95. The van der Waals surface area contributed by atoms with E-state index < -0.39 is 0 Å². The summed E-state index contributed by atoms with van der Waals surface area (Å²) in [6.07, 6.45) is 0. The van der Waals surface area contributed by atoms with Crippen molar-refractivity contribution < 1.29 is 5.11 Å². The van der Waals surface area contributed by atoms with Gasteiger partial charge in [0, 0.05) is 31.2 Å². The zero-order chi connectivity index (χ0) is 12.5. The summed E-state index contributed by atoms with van der Waals surface area (Å²) in [5.74, 6) is 0.334. The number of hydrogen-bond acceptors (Lipinski definition) is 3. The summed E-state index contributed by atoms with van der Waals surface area (Å²) < 4.78 is 0.